The average Bonchev–Trinajstić information content (AvgIpc) is 2.83. The first kappa shape index (κ1) is 21.0. The Labute approximate surface area is 152 Å². The summed E-state index contributed by atoms with van der Waals surface area (Å²) in [5, 5.41) is 9.10. The Balaban J connectivity index is 2.46. The van der Waals surface area contributed by atoms with Crippen LogP contribution in [-0.2, 0) is 6.54 Å². The molecular formula is C15H12F6N2O3S. The largest absolute Gasteiger partial charge is 0.573 e. The van der Waals surface area contributed by atoms with E-state index in [-0.39, 0.29) is 22.7 Å². The van der Waals surface area contributed by atoms with Crippen LogP contribution in [0.15, 0.2) is 29.3 Å². The number of hydrogen-bond acceptors (Lipinski definition) is 5. The van der Waals surface area contributed by atoms with E-state index in [0.29, 0.717) is 11.3 Å². The monoisotopic (exact) mass is 414 g/mol. The number of aliphatic hydroxyl groups is 1. The molecule has 0 saturated carbocycles. The van der Waals surface area contributed by atoms with E-state index in [1.165, 1.54) is 23.6 Å². The van der Waals surface area contributed by atoms with Crippen molar-refractivity contribution in [1.29, 1.82) is 0 Å². The fraction of sp³-hybridized carbons (Fsp3) is 0.333. The van der Waals surface area contributed by atoms with Crippen molar-refractivity contribution in [2.75, 3.05) is 6.61 Å². The van der Waals surface area contributed by atoms with E-state index >= 15 is 0 Å². The van der Waals surface area contributed by atoms with Gasteiger partial charge in [0.15, 0.2) is 4.80 Å². The molecule has 0 aliphatic rings. The zero-order chi connectivity index (χ0) is 20.4. The van der Waals surface area contributed by atoms with Gasteiger partial charge in [-0.3, -0.25) is 4.79 Å². The molecule has 5 nitrogen and oxygen atoms in total. The van der Waals surface area contributed by atoms with Gasteiger partial charge in [-0.2, -0.15) is 13.2 Å². The summed E-state index contributed by atoms with van der Waals surface area (Å²) in [6, 6.07) is 4.32. The first-order valence-corrected chi connectivity index (χ1v) is 8.07. The molecular weight excluding hydrogens is 402 g/mol. The predicted octanol–water partition coefficient (Wildman–Crippen LogP) is 3.73. The molecule has 2 rings (SSSR count). The number of aromatic nitrogens is 1. The highest BCUT2D eigenvalue weighted by molar-refractivity contribution is 7.11. The first-order chi connectivity index (χ1) is 12.4. The molecule has 1 N–H and O–H groups in total. The van der Waals surface area contributed by atoms with Crippen LogP contribution in [0.4, 0.5) is 32.0 Å². The van der Waals surface area contributed by atoms with Crippen LogP contribution in [0, 0.1) is 6.92 Å². The summed E-state index contributed by atoms with van der Waals surface area (Å²) in [4.78, 5) is 15.0. The van der Waals surface area contributed by atoms with Crippen molar-refractivity contribution in [3.8, 4) is 5.75 Å². The third-order valence-electron chi connectivity index (χ3n) is 3.24. The van der Waals surface area contributed by atoms with Crippen LogP contribution in [0.2, 0.25) is 0 Å². The number of rotatable bonds is 5. The van der Waals surface area contributed by atoms with Crippen molar-refractivity contribution < 1.29 is 41.0 Å². The van der Waals surface area contributed by atoms with Crippen molar-refractivity contribution in [1.82, 2.24) is 4.57 Å². The van der Waals surface area contributed by atoms with Gasteiger partial charge in [-0.05, 0) is 31.2 Å². The second-order valence-electron chi connectivity index (χ2n) is 5.15. The quantitative estimate of drug-likeness (QED) is 0.599. The Bertz CT molecular complexity index is 881. The number of benzene rings is 1. The van der Waals surface area contributed by atoms with Crippen molar-refractivity contribution in [3.63, 3.8) is 0 Å². The van der Waals surface area contributed by atoms with Crippen LogP contribution in [0.1, 0.15) is 15.4 Å². The molecule has 0 atom stereocenters. The minimum absolute atomic E-state index is 0.0151. The SMILES string of the molecule is Cc1c(C(=O)C(F)(F)F)s/c(=N\c2ccc(OC(F)(F)F)cc2)n1CCO. The standard InChI is InChI=1S/C15H12F6N2O3S/c1-8-11(12(25)14(16,17)18)27-13(23(8)6-7-24)22-9-2-4-10(5-3-9)26-15(19,20)21/h2-5,24H,6-7H2,1H3/b22-13-. The lowest BCUT2D eigenvalue weighted by molar-refractivity contribution is -0.274. The molecule has 0 amide bonds. The van der Waals surface area contributed by atoms with E-state index in [4.69, 9.17) is 5.11 Å². The minimum Gasteiger partial charge on any atom is -0.406 e. The van der Waals surface area contributed by atoms with Gasteiger partial charge in [0.25, 0.3) is 5.78 Å². The maximum Gasteiger partial charge on any atom is 0.573 e. The average molecular weight is 414 g/mol. The molecule has 148 valence electrons. The number of halogens is 6. The van der Waals surface area contributed by atoms with E-state index in [9.17, 15) is 31.1 Å². The number of carbonyl (C=O) groups excluding carboxylic acids is 1. The molecule has 1 aromatic carbocycles. The topological polar surface area (TPSA) is 63.8 Å². The molecule has 1 aromatic heterocycles. The second-order valence-corrected chi connectivity index (χ2v) is 6.13. The normalized spacial score (nSPS) is 13.1. The van der Waals surface area contributed by atoms with Crippen LogP contribution in [0.25, 0.3) is 0 Å². The molecule has 0 saturated heterocycles. The zero-order valence-corrected chi connectivity index (χ0v) is 14.4. The van der Waals surface area contributed by atoms with Gasteiger partial charge in [-0.15, -0.1) is 13.2 Å². The maximum atomic E-state index is 12.7. The zero-order valence-electron chi connectivity index (χ0n) is 13.6. The van der Waals surface area contributed by atoms with Gasteiger partial charge in [-0.1, -0.05) is 11.3 Å². The Morgan fingerprint density at radius 2 is 1.78 bits per heavy atom. The number of nitrogens with zero attached hydrogens (tertiary/aromatic N) is 2. The van der Waals surface area contributed by atoms with Crippen LogP contribution in [-0.4, -0.2) is 34.6 Å². The highest BCUT2D eigenvalue weighted by atomic mass is 32.1. The fourth-order valence-electron chi connectivity index (χ4n) is 2.10. The molecule has 0 aliphatic heterocycles. The molecule has 27 heavy (non-hydrogen) atoms. The van der Waals surface area contributed by atoms with Crippen molar-refractivity contribution in [2.45, 2.75) is 26.0 Å². The molecule has 0 radical (unpaired) electrons. The number of ether oxygens (including phenoxy) is 1. The van der Waals surface area contributed by atoms with Crippen LogP contribution < -0.4 is 9.54 Å². The minimum atomic E-state index is -5.07. The summed E-state index contributed by atoms with van der Waals surface area (Å²) in [7, 11) is 0. The number of ketones is 1. The van der Waals surface area contributed by atoms with Crippen LogP contribution in [0.5, 0.6) is 5.75 Å². The lowest BCUT2D eigenvalue weighted by atomic mass is 10.2. The van der Waals surface area contributed by atoms with E-state index in [0.717, 1.165) is 12.1 Å². The molecule has 12 heteroatoms. The van der Waals surface area contributed by atoms with Crippen LogP contribution >= 0.6 is 11.3 Å². The van der Waals surface area contributed by atoms with Gasteiger partial charge in [-0.25, -0.2) is 4.99 Å². The molecule has 0 aliphatic carbocycles. The van der Waals surface area contributed by atoms with Gasteiger partial charge >= 0.3 is 12.5 Å². The summed E-state index contributed by atoms with van der Waals surface area (Å²) in [5.74, 6) is -2.52. The molecule has 2 aromatic rings. The summed E-state index contributed by atoms with van der Waals surface area (Å²) < 4.78 is 79.5. The van der Waals surface area contributed by atoms with E-state index in [1.807, 2.05) is 0 Å². The highest BCUT2D eigenvalue weighted by Crippen LogP contribution is 2.27. The van der Waals surface area contributed by atoms with Gasteiger partial charge in [0, 0.05) is 12.2 Å². The van der Waals surface area contributed by atoms with Gasteiger partial charge in [0.1, 0.15) is 10.6 Å². The highest BCUT2D eigenvalue weighted by Gasteiger charge is 2.41. The Hall–Kier alpha value is -2.34. The van der Waals surface area contributed by atoms with Gasteiger partial charge in [0.2, 0.25) is 0 Å². The Morgan fingerprint density at radius 1 is 1.19 bits per heavy atom. The fourth-order valence-corrected chi connectivity index (χ4v) is 3.24. The number of aliphatic hydroxyl groups excluding tert-OH is 1. The van der Waals surface area contributed by atoms with Gasteiger partial charge in [0.05, 0.1) is 12.3 Å². The maximum absolute atomic E-state index is 12.7. The Kier molecular flexibility index (Phi) is 6.00. The van der Waals surface area contributed by atoms with Crippen LogP contribution in [0.3, 0.4) is 0 Å². The smallest absolute Gasteiger partial charge is 0.406 e. The number of alkyl halides is 6. The van der Waals surface area contributed by atoms with E-state index in [2.05, 4.69) is 9.73 Å². The summed E-state index contributed by atoms with van der Waals surface area (Å²) in [6.07, 6.45) is -9.93. The van der Waals surface area contributed by atoms with Crippen molar-refractivity contribution >= 4 is 22.8 Å². The lowest BCUT2D eigenvalue weighted by Gasteiger charge is -2.08. The third kappa shape index (κ3) is 5.32. The number of hydrogen-bond donors (Lipinski definition) is 1. The number of carbonyl (C=O) groups is 1. The molecule has 0 bridgehead atoms. The molecule has 0 fully saturated rings. The second kappa shape index (κ2) is 7.72. The van der Waals surface area contributed by atoms with E-state index < -0.39 is 35.6 Å². The predicted molar refractivity (Wildman–Crippen MR) is 82.9 cm³/mol. The summed E-state index contributed by atoms with van der Waals surface area (Å²) >= 11 is 0.474. The van der Waals surface area contributed by atoms with Crippen molar-refractivity contribution in [2.24, 2.45) is 4.99 Å². The summed E-state index contributed by atoms with van der Waals surface area (Å²) in [5.41, 5.74) is 0.107. The lowest BCUT2D eigenvalue weighted by Crippen LogP contribution is -2.23. The van der Waals surface area contributed by atoms with Crippen molar-refractivity contribution in [3.05, 3.63) is 39.6 Å². The molecule has 0 unspecified atom stereocenters. The third-order valence-corrected chi connectivity index (χ3v) is 4.42. The molecule has 1 heterocycles. The number of thiazole rings is 1. The number of Topliss-reactive ketones (excluding diaryl/α,β-unsaturated/α-hetero) is 1. The summed E-state index contributed by atoms with van der Waals surface area (Å²) in [6.45, 7) is 0.759. The van der Waals surface area contributed by atoms with E-state index in [1.54, 1.807) is 0 Å². The molecule has 0 spiro atoms. The first-order valence-electron chi connectivity index (χ1n) is 7.25. The van der Waals surface area contributed by atoms with Gasteiger partial charge < -0.3 is 14.4 Å². The Morgan fingerprint density at radius 3 is 2.26 bits per heavy atom.